The van der Waals surface area contributed by atoms with Gasteiger partial charge in [0.15, 0.2) is 5.82 Å². The fourth-order valence-corrected chi connectivity index (χ4v) is 6.41. The molecule has 2 heterocycles. The molecule has 1 aliphatic heterocycles. The van der Waals surface area contributed by atoms with Crippen molar-refractivity contribution in [3.05, 3.63) is 99.5 Å². The maximum absolute atomic E-state index is 14.2. The van der Waals surface area contributed by atoms with Crippen LogP contribution in [0.3, 0.4) is 0 Å². The number of rotatable bonds is 10. The number of benzene rings is 1. The van der Waals surface area contributed by atoms with E-state index < -0.39 is 5.76 Å². The van der Waals surface area contributed by atoms with Crippen molar-refractivity contribution < 1.29 is 19.2 Å². The third-order valence-electron chi connectivity index (χ3n) is 8.84. The first-order chi connectivity index (χ1) is 21.9. The molecule has 9 heteroatoms. The molecule has 1 fully saturated rings. The highest BCUT2D eigenvalue weighted by Crippen LogP contribution is 2.33. The van der Waals surface area contributed by atoms with Crippen LogP contribution in [0, 0.1) is 12.1 Å². The van der Waals surface area contributed by atoms with Gasteiger partial charge in [0.05, 0.1) is 18.0 Å². The highest BCUT2D eigenvalue weighted by Gasteiger charge is 2.34. The number of aromatic amines is 1. The minimum Gasteiger partial charge on any atom is -0.495 e. The predicted molar refractivity (Wildman–Crippen MR) is 170 cm³/mol. The van der Waals surface area contributed by atoms with Crippen LogP contribution in [0.4, 0.5) is 0 Å². The van der Waals surface area contributed by atoms with Gasteiger partial charge in [0, 0.05) is 52.1 Å². The van der Waals surface area contributed by atoms with E-state index in [4.69, 9.17) is 9.26 Å². The molecule has 9 nitrogen and oxygen atoms in total. The average Bonchev–Trinajstić information content (AvgIpc) is 3.49. The highest BCUT2D eigenvalue weighted by atomic mass is 16.5. The summed E-state index contributed by atoms with van der Waals surface area (Å²) in [6.07, 6.45) is 11.9. The van der Waals surface area contributed by atoms with Crippen molar-refractivity contribution in [3.63, 3.8) is 0 Å². The number of unbranched alkanes of at least 4 members (excludes halogenated alkanes) is 1. The predicted octanol–water partition coefficient (Wildman–Crippen LogP) is 5.94. The summed E-state index contributed by atoms with van der Waals surface area (Å²) in [5.74, 6) is 0.717. The summed E-state index contributed by atoms with van der Waals surface area (Å²) >= 11 is 0. The first kappa shape index (κ1) is 30.5. The molecule has 3 aliphatic rings. The summed E-state index contributed by atoms with van der Waals surface area (Å²) in [6, 6.07) is 18.1. The number of nitrogens with one attached hydrogen (secondary N) is 2. The minimum absolute atomic E-state index is 0.0236. The van der Waals surface area contributed by atoms with Gasteiger partial charge >= 0.3 is 5.76 Å². The number of hydrogen-bond acceptors (Lipinski definition) is 7. The molecule has 0 spiro atoms. The first-order valence-electron chi connectivity index (χ1n) is 16.0. The number of carbonyl (C=O) groups excluding carboxylic acids is 1. The molecule has 2 aliphatic carbocycles. The number of nitrogens with zero attached hydrogens (tertiary/aromatic N) is 2. The molecule has 1 aromatic heterocycles. The second kappa shape index (κ2) is 13.6. The SMILES string of the molecule is CCCCC1=C(Cc2c#cc(-c3ccccc3-c3noc(=O)[nH]3)cc2)C(=O)N(C2=CC=C(OC3CCC(O)CC3)CC2)C(C)N1. The molecule has 1 saturated carbocycles. The Bertz CT molecular complexity index is 1660. The van der Waals surface area contributed by atoms with Crippen LogP contribution >= 0.6 is 0 Å². The Kier molecular flexibility index (Phi) is 9.22. The van der Waals surface area contributed by atoms with E-state index in [1.807, 2.05) is 60.4 Å². The Morgan fingerprint density at radius 1 is 1.04 bits per heavy atom. The topological polar surface area (TPSA) is 121 Å². The molecule has 1 unspecified atom stereocenters. The van der Waals surface area contributed by atoms with Crippen molar-refractivity contribution >= 4 is 5.91 Å². The molecule has 1 atom stereocenters. The second-order valence-corrected chi connectivity index (χ2v) is 12.1. The van der Waals surface area contributed by atoms with Gasteiger partial charge in [-0.3, -0.25) is 19.2 Å². The number of aliphatic hydroxyl groups excluding tert-OH is 1. The van der Waals surface area contributed by atoms with Gasteiger partial charge in [-0.25, -0.2) is 4.79 Å². The number of aromatic nitrogens is 2. The van der Waals surface area contributed by atoms with Crippen LogP contribution in [0.5, 0.6) is 0 Å². The van der Waals surface area contributed by atoms with Gasteiger partial charge < -0.3 is 15.2 Å². The lowest BCUT2D eigenvalue weighted by Crippen LogP contribution is -2.51. The van der Waals surface area contributed by atoms with E-state index in [9.17, 15) is 14.7 Å². The molecule has 0 radical (unpaired) electrons. The fraction of sp³-hybridized carbons (Fsp3) is 0.417. The van der Waals surface area contributed by atoms with Crippen molar-refractivity contribution in [1.29, 1.82) is 0 Å². The second-order valence-electron chi connectivity index (χ2n) is 12.1. The number of H-pyrrole nitrogens is 1. The molecule has 3 aromatic rings. The fourth-order valence-electron chi connectivity index (χ4n) is 6.41. The molecule has 0 bridgehead atoms. The van der Waals surface area contributed by atoms with E-state index in [1.54, 1.807) is 0 Å². The van der Waals surface area contributed by atoms with E-state index >= 15 is 0 Å². The smallest absolute Gasteiger partial charge is 0.439 e. The molecule has 0 saturated heterocycles. The quantitative estimate of drug-likeness (QED) is 0.260. The van der Waals surface area contributed by atoms with Crippen LogP contribution in [-0.2, 0) is 16.0 Å². The molecular formula is C36H40N4O5. The Hall–Kier alpha value is -4.55. The van der Waals surface area contributed by atoms with Gasteiger partial charge in [-0.15, -0.1) is 0 Å². The highest BCUT2D eigenvalue weighted by molar-refractivity contribution is 5.97. The van der Waals surface area contributed by atoms with Crippen molar-refractivity contribution in [2.24, 2.45) is 0 Å². The molecule has 6 rings (SSSR count). The third-order valence-corrected chi connectivity index (χ3v) is 8.84. The summed E-state index contributed by atoms with van der Waals surface area (Å²) in [5, 5.41) is 17.3. The van der Waals surface area contributed by atoms with Crippen molar-refractivity contribution in [2.75, 3.05) is 0 Å². The van der Waals surface area contributed by atoms with Gasteiger partial charge in [-0.2, -0.15) is 0 Å². The van der Waals surface area contributed by atoms with Crippen molar-refractivity contribution in [2.45, 2.75) is 96.4 Å². The molecule has 45 heavy (non-hydrogen) atoms. The Balaban J connectivity index is 1.21. The molecule has 234 valence electrons. The number of amides is 1. The van der Waals surface area contributed by atoms with E-state index in [1.165, 1.54) is 0 Å². The van der Waals surface area contributed by atoms with Crippen molar-refractivity contribution in [1.82, 2.24) is 20.4 Å². The summed E-state index contributed by atoms with van der Waals surface area (Å²) in [4.78, 5) is 30.2. The Morgan fingerprint density at radius 3 is 2.51 bits per heavy atom. The van der Waals surface area contributed by atoms with Gasteiger partial charge in [0.25, 0.3) is 5.91 Å². The van der Waals surface area contributed by atoms with Crippen LogP contribution < -0.4 is 11.1 Å². The van der Waals surface area contributed by atoms with Crippen LogP contribution in [0.25, 0.3) is 22.5 Å². The Morgan fingerprint density at radius 2 is 1.84 bits per heavy atom. The zero-order valence-electron chi connectivity index (χ0n) is 25.9. The van der Waals surface area contributed by atoms with Gasteiger partial charge in [-0.05, 0) is 76.2 Å². The lowest BCUT2D eigenvalue weighted by atomic mass is 9.94. The largest absolute Gasteiger partial charge is 0.495 e. The number of ether oxygens (including phenoxy) is 1. The van der Waals surface area contributed by atoms with E-state index in [2.05, 4.69) is 34.5 Å². The molecular weight excluding hydrogens is 568 g/mol. The number of carbonyl (C=O) groups is 1. The summed E-state index contributed by atoms with van der Waals surface area (Å²) in [6.45, 7) is 4.20. The van der Waals surface area contributed by atoms with E-state index in [0.29, 0.717) is 12.2 Å². The van der Waals surface area contributed by atoms with Crippen molar-refractivity contribution in [3.8, 4) is 22.5 Å². The van der Waals surface area contributed by atoms with Crippen LogP contribution in [-0.4, -0.2) is 44.4 Å². The number of allylic oxidation sites excluding steroid dienone is 5. The van der Waals surface area contributed by atoms with Gasteiger partial charge in [-0.1, -0.05) is 54.9 Å². The van der Waals surface area contributed by atoms with Crippen LogP contribution in [0.2, 0.25) is 0 Å². The maximum Gasteiger partial charge on any atom is 0.439 e. The average molecular weight is 609 g/mol. The standard InChI is InChI=1S/C36H40N4O5/c1-3-4-9-33-32(22-24-10-12-25(13-11-24)30-7-5-6-8-31(30)34-38-36(43)45-39-34)35(42)40(23(2)37-33)26-14-18-28(19-15-26)44-29-20-16-27(41)17-21-29/h5-8,10,12,14,18,23,27,29,37,41H,3-4,9,15-17,19-22H2,1-2H3,(H,38,39,43). The summed E-state index contributed by atoms with van der Waals surface area (Å²) in [5.41, 5.74) is 5.96. The lowest BCUT2D eigenvalue weighted by molar-refractivity contribution is -0.128. The normalized spacial score (nSPS) is 22.0. The third kappa shape index (κ3) is 6.91. The zero-order chi connectivity index (χ0) is 31.3. The first-order valence-corrected chi connectivity index (χ1v) is 16.0. The number of hydrogen-bond donors (Lipinski definition) is 3. The van der Waals surface area contributed by atoms with Gasteiger partial charge in [0.2, 0.25) is 0 Å². The van der Waals surface area contributed by atoms with E-state index in [0.717, 1.165) is 103 Å². The summed E-state index contributed by atoms with van der Waals surface area (Å²) < 4.78 is 11.0. The monoisotopic (exact) mass is 608 g/mol. The lowest BCUT2D eigenvalue weighted by Gasteiger charge is -2.39. The van der Waals surface area contributed by atoms with E-state index in [-0.39, 0.29) is 24.3 Å². The Labute approximate surface area is 263 Å². The molecule has 1 amide bonds. The van der Waals surface area contributed by atoms with Crippen LogP contribution in [0.1, 0.15) is 77.2 Å². The van der Waals surface area contributed by atoms with Gasteiger partial charge in [0.1, 0.15) is 6.17 Å². The number of aliphatic hydroxyl groups is 1. The summed E-state index contributed by atoms with van der Waals surface area (Å²) in [7, 11) is 0. The molecule has 2 aromatic carbocycles. The maximum atomic E-state index is 14.2. The van der Waals surface area contributed by atoms with Crippen LogP contribution in [0.15, 0.2) is 80.6 Å². The molecule has 3 N–H and O–H groups in total. The zero-order valence-corrected chi connectivity index (χ0v) is 25.9. The minimum atomic E-state index is -0.610.